The van der Waals surface area contributed by atoms with Crippen LogP contribution >= 0.6 is 11.6 Å². The number of amides is 1. The van der Waals surface area contributed by atoms with E-state index in [1.807, 2.05) is 29.2 Å². The van der Waals surface area contributed by atoms with E-state index >= 15 is 0 Å². The number of hydrogen-bond acceptors (Lipinski definition) is 6. The van der Waals surface area contributed by atoms with Crippen LogP contribution in [0.2, 0.25) is 5.02 Å². The molecule has 0 saturated carbocycles. The summed E-state index contributed by atoms with van der Waals surface area (Å²) in [5, 5.41) is 3.39. The van der Waals surface area contributed by atoms with Crippen molar-refractivity contribution in [1.82, 2.24) is 15.1 Å². The number of carbonyl (C=O) groups is 2. The van der Waals surface area contributed by atoms with Crippen LogP contribution in [0.1, 0.15) is 17.4 Å². The molecule has 0 bridgehead atoms. The topological polar surface area (TPSA) is 75.0 Å². The van der Waals surface area contributed by atoms with Crippen molar-refractivity contribution in [2.75, 3.05) is 39.8 Å². The van der Waals surface area contributed by atoms with E-state index < -0.39 is 6.04 Å². The van der Waals surface area contributed by atoms with Gasteiger partial charge in [-0.15, -0.1) is 0 Å². The van der Waals surface area contributed by atoms with Crippen LogP contribution in [-0.2, 0) is 20.9 Å². The average molecular weight is 406 g/mol. The van der Waals surface area contributed by atoms with Crippen LogP contribution in [0.4, 0.5) is 0 Å². The van der Waals surface area contributed by atoms with Crippen LogP contribution in [0.5, 0.6) is 0 Å². The maximum absolute atomic E-state index is 12.4. The van der Waals surface area contributed by atoms with Crippen LogP contribution < -0.4 is 5.32 Å². The van der Waals surface area contributed by atoms with Gasteiger partial charge < -0.3 is 14.5 Å². The van der Waals surface area contributed by atoms with E-state index in [1.54, 1.807) is 18.4 Å². The standard InChI is InChI=1S/C20H24ClN3O4/c1-27-20(26)19(16-6-2-3-7-17(16)21)24-10-8-23(9-11-24)14-18(25)22-13-15-5-4-12-28-15/h2-7,12,19H,8-11,13-14H2,1H3,(H,22,25)/t19-/m0/s1. The number of nitrogens with zero attached hydrogens (tertiary/aromatic N) is 2. The number of benzene rings is 1. The molecule has 28 heavy (non-hydrogen) atoms. The maximum Gasteiger partial charge on any atom is 0.327 e. The minimum absolute atomic E-state index is 0.0551. The van der Waals surface area contributed by atoms with Crippen molar-refractivity contribution in [3.05, 3.63) is 59.0 Å². The molecule has 8 heteroatoms. The molecule has 1 atom stereocenters. The van der Waals surface area contributed by atoms with Crippen LogP contribution in [0.15, 0.2) is 47.1 Å². The second-order valence-corrected chi connectivity index (χ2v) is 7.02. The van der Waals surface area contributed by atoms with Gasteiger partial charge >= 0.3 is 5.97 Å². The summed E-state index contributed by atoms with van der Waals surface area (Å²) in [6.45, 7) is 3.30. The van der Waals surface area contributed by atoms with Gasteiger partial charge in [-0.05, 0) is 23.8 Å². The molecule has 7 nitrogen and oxygen atoms in total. The molecule has 2 aromatic rings. The summed E-state index contributed by atoms with van der Waals surface area (Å²) in [4.78, 5) is 28.7. The second-order valence-electron chi connectivity index (χ2n) is 6.62. The molecule has 1 aromatic carbocycles. The largest absolute Gasteiger partial charge is 0.468 e. The molecule has 1 amide bonds. The lowest BCUT2D eigenvalue weighted by atomic mass is 10.0. The predicted octanol–water partition coefficient (Wildman–Crippen LogP) is 2.08. The molecule has 3 rings (SSSR count). The molecule has 1 aliphatic rings. The minimum atomic E-state index is -0.548. The second kappa shape index (κ2) is 9.73. The Hall–Kier alpha value is -2.35. The highest BCUT2D eigenvalue weighted by atomic mass is 35.5. The van der Waals surface area contributed by atoms with Crippen molar-refractivity contribution in [3.63, 3.8) is 0 Å². The number of ether oxygens (including phenoxy) is 1. The Morgan fingerprint density at radius 3 is 2.57 bits per heavy atom. The monoisotopic (exact) mass is 405 g/mol. The Kier molecular flexibility index (Phi) is 7.08. The van der Waals surface area contributed by atoms with Crippen LogP contribution in [0.3, 0.4) is 0 Å². The number of methoxy groups -OCH3 is 1. The van der Waals surface area contributed by atoms with Gasteiger partial charge in [-0.3, -0.25) is 14.6 Å². The van der Waals surface area contributed by atoms with Gasteiger partial charge in [0, 0.05) is 31.2 Å². The van der Waals surface area contributed by atoms with E-state index in [2.05, 4.69) is 10.2 Å². The van der Waals surface area contributed by atoms with E-state index in [0.29, 0.717) is 44.3 Å². The maximum atomic E-state index is 12.4. The SMILES string of the molecule is COC(=O)[C@H](c1ccccc1Cl)N1CCN(CC(=O)NCc2ccco2)CC1. The van der Waals surface area contributed by atoms with Gasteiger partial charge in [0.2, 0.25) is 5.91 Å². The molecular formula is C20H24ClN3O4. The zero-order valence-corrected chi connectivity index (χ0v) is 16.5. The molecule has 1 saturated heterocycles. The smallest absolute Gasteiger partial charge is 0.327 e. The molecule has 150 valence electrons. The summed E-state index contributed by atoms with van der Waals surface area (Å²) in [6, 6.07) is 10.4. The quantitative estimate of drug-likeness (QED) is 0.711. The lowest BCUT2D eigenvalue weighted by molar-refractivity contribution is -0.148. The number of nitrogens with one attached hydrogen (secondary N) is 1. The van der Waals surface area contributed by atoms with Crippen molar-refractivity contribution >= 4 is 23.5 Å². The molecule has 0 radical (unpaired) electrons. The van der Waals surface area contributed by atoms with Crippen molar-refractivity contribution in [3.8, 4) is 0 Å². The fourth-order valence-corrected chi connectivity index (χ4v) is 3.56. The summed E-state index contributed by atoms with van der Waals surface area (Å²) in [5.74, 6) is 0.331. The van der Waals surface area contributed by atoms with E-state index in [4.69, 9.17) is 20.8 Å². The highest BCUT2D eigenvalue weighted by Crippen LogP contribution is 2.29. The molecule has 1 N–H and O–H groups in total. The molecule has 0 spiro atoms. The van der Waals surface area contributed by atoms with Crippen molar-refractivity contribution in [2.24, 2.45) is 0 Å². The zero-order chi connectivity index (χ0) is 19.9. The normalized spacial score (nSPS) is 16.5. The van der Waals surface area contributed by atoms with E-state index in [9.17, 15) is 9.59 Å². The van der Waals surface area contributed by atoms with Gasteiger partial charge in [0.15, 0.2) is 0 Å². The van der Waals surface area contributed by atoms with Gasteiger partial charge in [-0.25, -0.2) is 4.79 Å². The van der Waals surface area contributed by atoms with Crippen molar-refractivity contribution < 1.29 is 18.7 Å². The van der Waals surface area contributed by atoms with Gasteiger partial charge in [-0.1, -0.05) is 29.8 Å². The van der Waals surface area contributed by atoms with Crippen LogP contribution in [-0.4, -0.2) is 61.5 Å². The van der Waals surface area contributed by atoms with E-state index in [1.165, 1.54) is 7.11 Å². The third-order valence-electron chi connectivity index (χ3n) is 4.80. The number of carbonyl (C=O) groups excluding carboxylic acids is 2. The third kappa shape index (κ3) is 5.13. The molecule has 1 fully saturated rings. The summed E-state index contributed by atoms with van der Waals surface area (Å²) in [5.41, 5.74) is 0.737. The average Bonchev–Trinajstić information content (AvgIpc) is 3.23. The lowest BCUT2D eigenvalue weighted by Crippen LogP contribution is -2.51. The molecule has 2 heterocycles. The number of esters is 1. The van der Waals surface area contributed by atoms with Crippen LogP contribution in [0, 0.1) is 0 Å². The number of rotatable bonds is 7. The van der Waals surface area contributed by atoms with Crippen molar-refractivity contribution in [2.45, 2.75) is 12.6 Å². The number of halogens is 1. The Labute approximate surface area is 169 Å². The van der Waals surface area contributed by atoms with Crippen molar-refractivity contribution in [1.29, 1.82) is 0 Å². The van der Waals surface area contributed by atoms with Gasteiger partial charge in [0.25, 0.3) is 0 Å². The van der Waals surface area contributed by atoms with Gasteiger partial charge in [0.1, 0.15) is 11.8 Å². The lowest BCUT2D eigenvalue weighted by Gasteiger charge is -2.38. The highest BCUT2D eigenvalue weighted by Gasteiger charge is 2.32. The van der Waals surface area contributed by atoms with Gasteiger partial charge in [-0.2, -0.15) is 0 Å². The summed E-state index contributed by atoms with van der Waals surface area (Å²) in [7, 11) is 1.38. The Bertz CT molecular complexity index is 789. The highest BCUT2D eigenvalue weighted by molar-refractivity contribution is 6.31. The summed E-state index contributed by atoms with van der Waals surface area (Å²) < 4.78 is 10.2. The Morgan fingerprint density at radius 1 is 1.18 bits per heavy atom. The molecule has 1 aromatic heterocycles. The third-order valence-corrected chi connectivity index (χ3v) is 5.15. The zero-order valence-electron chi connectivity index (χ0n) is 15.8. The Balaban J connectivity index is 1.54. The van der Waals surface area contributed by atoms with Gasteiger partial charge in [0.05, 0.1) is 26.5 Å². The molecule has 1 aliphatic heterocycles. The first-order valence-electron chi connectivity index (χ1n) is 9.16. The van der Waals surface area contributed by atoms with E-state index in [0.717, 1.165) is 11.3 Å². The first-order chi connectivity index (χ1) is 13.6. The first-order valence-corrected chi connectivity index (χ1v) is 9.54. The Morgan fingerprint density at radius 2 is 1.93 bits per heavy atom. The molecular weight excluding hydrogens is 382 g/mol. The number of piperazine rings is 1. The predicted molar refractivity (Wildman–Crippen MR) is 105 cm³/mol. The molecule has 0 unspecified atom stereocenters. The number of furan rings is 1. The number of hydrogen-bond donors (Lipinski definition) is 1. The minimum Gasteiger partial charge on any atom is -0.468 e. The summed E-state index contributed by atoms with van der Waals surface area (Å²) >= 11 is 6.31. The fraction of sp³-hybridized carbons (Fsp3) is 0.400. The van der Waals surface area contributed by atoms with E-state index in [-0.39, 0.29) is 11.9 Å². The van der Waals surface area contributed by atoms with Crippen LogP contribution in [0.25, 0.3) is 0 Å². The fourth-order valence-electron chi connectivity index (χ4n) is 3.32. The molecule has 0 aliphatic carbocycles. The summed E-state index contributed by atoms with van der Waals surface area (Å²) in [6.07, 6.45) is 1.58. The first kappa shape index (κ1) is 20.4.